The minimum absolute atomic E-state index is 0.472. The third-order valence-corrected chi connectivity index (χ3v) is 4.87. The average molecular weight is 283 g/mol. The lowest BCUT2D eigenvalue weighted by Crippen LogP contribution is -2.19. The van der Waals surface area contributed by atoms with Gasteiger partial charge in [0.2, 0.25) is 0 Å². The number of ether oxygens (including phenoxy) is 1. The molecule has 1 saturated carbocycles. The van der Waals surface area contributed by atoms with Crippen LogP contribution in [0.25, 0.3) is 10.8 Å². The van der Waals surface area contributed by atoms with Crippen LogP contribution in [0.3, 0.4) is 0 Å². The molecule has 0 aliphatic heterocycles. The highest BCUT2D eigenvalue weighted by Gasteiger charge is 2.20. The van der Waals surface area contributed by atoms with E-state index in [9.17, 15) is 0 Å². The topological polar surface area (TPSA) is 21.3 Å². The fourth-order valence-corrected chi connectivity index (χ4v) is 3.59. The fourth-order valence-electron chi connectivity index (χ4n) is 3.59. The van der Waals surface area contributed by atoms with Crippen molar-refractivity contribution in [3.8, 4) is 5.75 Å². The molecule has 2 aromatic carbocycles. The molecule has 2 nitrogen and oxygen atoms in total. The Bertz CT molecular complexity index is 602. The minimum atomic E-state index is 0.472. The molecule has 2 aromatic rings. The van der Waals surface area contributed by atoms with E-state index in [0.29, 0.717) is 6.04 Å². The summed E-state index contributed by atoms with van der Waals surface area (Å²) in [5.74, 6) is 1.82. The van der Waals surface area contributed by atoms with Gasteiger partial charge in [0.1, 0.15) is 5.75 Å². The summed E-state index contributed by atoms with van der Waals surface area (Å²) in [6.45, 7) is 0. The first-order chi connectivity index (χ1) is 10.3. The van der Waals surface area contributed by atoms with Gasteiger partial charge in [-0.25, -0.2) is 0 Å². The van der Waals surface area contributed by atoms with Crippen molar-refractivity contribution in [3.63, 3.8) is 0 Å². The predicted octanol–water partition coefficient (Wildman–Crippen LogP) is 4.69. The molecule has 2 heteroatoms. The molecule has 1 atom stereocenters. The number of benzene rings is 2. The van der Waals surface area contributed by atoms with Crippen molar-refractivity contribution in [2.75, 3.05) is 14.2 Å². The lowest BCUT2D eigenvalue weighted by atomic mass is 9.92. The van der Waals surface area contributed by atoms with E-state index in [-0.39, 0.29) is 0 Å². The van der Waals surface area contributed by atoms with Crippen molar-refractivity contribution in [3.05, 3.63) is 42.0 Å². The average Bonchev–Trinajstić information content (AvgIpc) is 3.04. The third kappa shape index (κ3) is 3.21. The van der Waals surface area contributed by atoms with Crippen molar-refractivity contribution in [2.24, 2.45) is 5.92 Å². The zero-order chi connectivity index (χ0) is 14.7. The van der Waals surface area contributed by atoms with Crippen LogP contribution < -0.4 is 10.1 Å². The second kappa shape index (κ2) is 6.48. The summed E-state index contributed by atoms with van der Waals surface area (Å²) < 4.78 is 5.30. The third-order valence-electron chi connectivity index (χ3n) is 4.87. The normalized spacial score (nSPS) is 17.2. The highest BCUT2D eigenvalue weighted by atomic mass is 16.5. The molecule has 1 aliphatic carbocycles. The Hall–Kier alpha value is -1.54. The molecule has 0 spiro atoms. The summed E-state index contributed by atoms with van der Waals surface area (Å²) in [6, 6.07) is 13.6. The smallest absolute Gasteiger partial charge is 0.119 e. The molecule has 0 bridgehead atoms. The zero-order valence-electron chi connectivity index (χ0n) is 13.1. The largest absolute Gasteiger partial charge is 0.497 e. The molecule has 1 N–H and O–H groups in total. The van der Waals surface area contributed by atoms with Crippen LogP contribution in [0.1, 0.15) is 43.7 Å². The van der Waals surface area contributed by atoms with Crippen LogP contribution in [0.5, 0.6) is 5.75 Å². The molecule has 0 saturated heterocycles. The van der Waals surface area contributed by atoms with Crippen LogP contribution in [0.15, 0.2) is 36.4 Å². The van der Waals surface area contributed by atoms with Crippen LogP contribution in [-0.2, 0) is 0 Å². The Morgan fingerprint density at radius 1 is 1.10 bits per heavy atom. The van der Waals surface area contributed by atoms with Gasteiger partial charge in [-0.15, -0.1) is 0 Å². The fraction of sp³-hybridized carbons (Fsp3) is 0.474. The number of nitrogens with one attached hydrogen (secondary N) is 1. The van der Waals surface area contributed by atoms with E-state index in [1.807, 2.05) is 6.07 Å². The summed E-state index contributed by atoms with van der Waals surface area (Å²) in [4.78, 5) is 0. The second-order valence-electron chi connectivity index (χ2n) is 6.20. The van der Waals surface area contributed by atoms with Crippen molar-refractivity contribution in [1.29, 1.82) is 0 Å². The van der Waals surface area contributed by atoms with Crippen LogP contribution in [0, 0.1) is 5.92 Å². The van der Waals surface area contributed by atoms with Gasteiger partial charge in [-0.1, -0.05) is 43.9 Å². The van der Waals surface area contributed by atoms with Crippen LogP contribution in [0.2, 0.25) is 0 Å². The summed E-state index contributed by atoms with van der Waals surface area (Å²) in [6.07, 6.45) is 6.90. The van der Waals surface area contributed by atoms with Crippen molar-refractivity contribution < 1.29 is 4.74 Å². The standard InChI is InChI=1S/C19H25NO/c1-20-19(11-14-5-3-4-6-14)17-8-7-16-13-18(21-2)10-9-15(16)12-17/h7-10,12-14,19-20H,3-6,11H2,1-2H3. The van der Waals surface area contributed by atoms with Gasteiger partial charge in [-0.2, -0.15) is 0 Å². The number of rotatable bonds is 5. The highest BCUT2D eigenvalue weighted by molar-refractivity contribution is 5.84. The molecule has 1 unspecified atom stereocenters. The van der Waals surface area contributed by atoms with Gasteiger partial charge in [-0.05, 0) is 53.9 Å². The van der Waals surface area contributed by atoms with Crippen molar-refractivity contribution >= 4 is 10.8 Å². The molecule has 112 valence electrons. The molecule has 1 fully saturated rings. The maximum atomic E-state index is 5.30. The summed E-state index contributed by atoms with van der Waals surface area (Å²) in [7, 11) is 3.80. The summed E-state index contributed by atoms with van der Waals surface area (Å²) >= 11 is 0. The molecular formula is C19H25NO. The molecule has 21 heavy (non-hydrogen) atoms. The van der Waals surface area contributed by atoms with Crippen LogP contribution in [-0.4, -0.2) is 14.2 Å². The molecule has 0 aromatic heterocycles. The number of methoxy groups -OCH3 is 1. The van der Waals surface area contributed by atoms with E-state index in [2.05, 4.69) is 42.7 Å². The van der Waals surface area contributed by atoms with Gasteiger partial charge < -0.3 is 10.1 Å². The minimum Gasteiger partial charge on any atom is -0.497 e. The van der Waals surface area contributed by atoms with E-state index in [4.69, 9.17) is 4.74 Å². The Kier molecular flexibility index (Phi) is 4.45. The van der Waals surface area contributed by atoms with E-state index in [0.717, 1.165) is 11.7 Å². The quantitative estimate of drug-likeness (QED) is 0.859. The molecule has 0 amide bonds. The maximum absolute atomic E-state index is 5.30. The van der Waals surface area contributed by atoms with Crippen LogP contribution in [0.4, 0.5) is 0 Å². The van der Waals surface area contributed by atoms with Gasteiger partial charge in [0, 0.05) is 6.04 Å². The number of fused-ring (bicyclic) bond motifs is 1. The van der Waals surface area contributed by atoms with Crippen molar-refractivity contribution in [2.45, 2.75) is 38.1 Å². The van der Waals surface area contributed by atoms with Gasteiger partial charge in [0.05, 0.1) is 7.11 Å². The molecule has 3 rings (SSSR count). The maximum Gasteiger partial charge on any atom is 0.119 e. The Labute approximate surface area is 127 Å². The Morgan fingerprint density at radius 3 is 2.52 bits per heavy atom. The highest BCUT2D eigenvalue weighted by Crippen LogP contribution is 2.34. The number of hydrogen-bond donors (Lipinski definition) is 1. The number of hydrogen-bond acceptors (Lipinski definition) is 2. The first-order valence-corrected chi connectivity index (χ1v) is 8.05. The monoisotopic (exact) mass is 283 g/mol. The van der Waals surface area contributed by atoms with Crippen LogP contribution >= 0.6 is 0 Å². The van der Waals surface area contributed by atoms with E-state index < -0.39 is 0 Å². The summed E-state index contributed by atoms with van der Waals surface area (Å²) in [5.41, 5.74) is 1.40. The van der Waals surface area contributed by atoms with E-state index >= 15 is 0 Å². The molecular weight excluding hydrogens is 258 g/mol. The molecule has 0 heterocycles. The molecule has 1 aliphatic rings. The second-order valence-corrected chi connectivity index (χ2v) is 6.20. The lowest BCUT2D eigenvalue weighted by Gasteiger charge is -2.21. The van der Waals surface area contributed by atoms with Gasteiger partial charge in [-0.3, -0.25) is 0 Å². The zero-order valence-corrected chi connectivity index (χ0v) is 13.1. The van der Waals surface area contributed by atoms with Gasteiger partial charge in [0.15, 0.2) is 0 Å². The Balaban J connectivity index is 1.84. The van der Waals surface area contributed by atoms with E-state index in [1.165, 1.54) is 48.4 Å². The predicted molar refractivity (Wildman–Crippen MR) is 88.9 cm³/mol. The first kappa shape index (κ1) is 14.4. The van der Waals surface area contributed by atoms with Gasteiger partial charge >= 0.3 is 0 Å². The summed E-state index contributed by atoms with van der Waals surface area (Å²) in [5, 5.41) is 6.04. The SMILES string of the molecule is CNC(CC1CCCC1)c1ccc2cc(OC)ccc2c1. The van der Waals surface area contributed by atoms with Gasteiger partial charge in [0.25, 0.3) is 0 Å². The Morgan fingerprint density at radius 2 is 1.81 bits per heavy atom. The van der Waals surface area contributed by atoms with Crippen molar-refractivity contribution in [1.82, 2.24) is 5.32 Å². The first-order valence-electron chi connectivity index (χ1n) is 8.05. The lowest BCUT2D eigenvalue weighted by molar-refractivity contribution is 0.413. The molecule has 0 radical (unpaired) electrons. The van der Waals surface area contributed by atoms with E-state index in [1.54, 1.807) is 7.11 Å².